The Morgan fingerprint density at radius 2 is 2.11 bits per heavy atom. The molecule has 0 saturated heterocycles. The van der Waals surface area contributed by atoms with Crippen molar-refractivity contribution in [3.63, 3.8) is 0 Å². The Morgan fingerprint density at radius 1 is 1.26 bits per heavy atom. The van der Waals surface area contributed by atoms with Gasteiger partial charge in [-0.1, -0.05) is 17.7 Å². The van der Waals surface area contributed by atoms with Gasteiger partial charge in [0.05, 0.1) is 5.02 Å². The van der Waals surface area contributed by atoms with Gasteiger partial charge in [0.25, 0.3) is 0 Å². The molecule has 138 valence electrons. The molecule has 0 radical (unpaired) electrons. The Morgan fingerprint density at radius 3 is 2.96 bits per heavy atom. The maximum absolute atomic E-state index is 6.28. The predicted molar refractivity (Wildman–Crippen MR) is 111 cm³/mol. The Kier molecular flexibility index (Phi) is 3.88. The number of pyridine rings is 2. The van der Waals surface area contributed by atoms with Crippen LogP contribution in [0.25, 0.3) is 22.8 Å². The summed E-state index contributed by atoms with van der Waals surface area (Å²) >= 11 is 6.28. The van der Waals surface area contributed by atoms with E-state index in [1.807, 2.05) is 0 Å². The van der Waals surface area contributed by atoms with E-state index in [4.69, 9.17) is 21.6 Å². The fraction of sp³-hybridized carbons (Fsp3) is 0.364. The van der Waals surface area contributed by atoms with Gasteiger partial charge in [-0.2, -0.15) is 0 Å². The normalized spacial score (nSPS) is 21.0. The van der Waals surface area contributed by atoms with Gasteiger partial charge in [-0.05, 0) is 57.0 Å². The number of hydrogen-bond acceptors (Lipinski definition) is 3. The smallest absolute Gasteiger partial charge is 0.144 e. The van der Waals surface area contributed by atoms with Crippen molar-refractivity contribution >= 4 is 34.4 Å². The summed E-state index contributed by atoms with van der Waals surface area (Å²) in [6, 6.07) is 6.90. The number of aryl methyl sites for hydroxylation is 2. The minimum Gasteiger partial charge on any atom is -0.304 e. The molecule has 0 amide bonds. The van der Waals surface area contributed by atoms with Crippen LogP contribution in [-0.4, -0.2) is 32.5 Å². The molecule has 1 aliphatic heterocycles. The quantitative estimate of drug-likeness (QED) is 0.614. The number of allylic oxidation sites excluding steroid dienone is 1. The first-order valence-electron chi connectivity index (χ1n) is 9.56. The minimum absolute atomic E-state index is 0.509. The van der Waals surface area contributed by atoms with E-state index in [2.05, 4.69) is 54.8 Å². The van der Waals surface area contributed by atoms with Crippen LogP contribution in [0, 0.1) is 6.92 Å². The van der Waals surface area contributed by atoms with Gasteiger partial charge in [0.15, 0.2) is 0 Å². The molecule has 1 unspecified atom stereocenters. The van der Waals surface area contributed by atoms with Gasteiger partial charge < -0.3 is 4.57 Å². The molecule has 0 bridgehead atoms. The van der Waals surface area contributed by atoms with Gasteiger partial charge in [-0.15, -0.1) is 0 Å². The maximum atomic E-state index is 6.28. The van der Waals surface area contributed by atoms with Crippen LogP contribution in [0.15, 0.2) is 24.4 Å². The first-order chi connectivity index (χ1) is 13.0. The molecule has 1 atom stereocenters. The summed E-state index contributed by atoms with van der Waals surface area (Å²) in [5, 5.41) is 1.87. The van der Waals surface area contributed by atoms with E-state index < -0.39 is 0 Å². The Labute approximate surface area is 164 Å². The molecule has 5 rings (SSSR count). The SMILES string of the molecule is Cc1ccc2c(n1)CC/C2=C\n1c2c(c3cc(Cl)cnc31)CN(C)C(C)C2. The second-order valence-electron chi connectivity index (χ2n) is 7.89. The first kappa shape index (κ1) is 17.0. The molecule has 0 spiro atoms. The van der Waals surface area contributed by atoms with E-state index >= 15 is 0 Å². The highest BCUT2D eigenvalue weighted by Crippen LogP contribution is 2.36. The van der Waals surface area contributed by atoms with Gasteiger partial charge in [0.1, 0.15) is 5.65 Å². The lowest BCUT2D eigenvalue weighted by molar-refractivity contribution is 0.230. The van der Waals surface area contributed by atoms with Crippen LogP contribution in [0.5, 0.6) is 0 Å². The van der Waals surface area contributed by atoms with E-state index in [1.54, 1.807) is 6.20 Å². The van der Waals surface area contributed by atoms with Crippen molar-refractivity contribution in [2.24, 2.45) is 0 Å². The third-order valence-corrected chi connectivity index (χ3v) is 6.26. The molecule has 0 saturated carbocycles. The van der Waals surface area contributed by atoms with Gasteiger partial charge in [0, 0.05) is 59.4 Å². The number of aromatic nitrogens is 3. The lowest BCUT2D eigenvalue weighted by Crippen LogP contribution is -2.35. The Balaban J connectivity index is 1.72. The second-order valence-corrected chi connectivity index (χ2v) is 8.33. The average molecular weight is 379 g/mol. The van der Waals surface area contributed by atoms with E-state index in [9.17, 15) is 0 Å². The lowest BCUT2D eigenvalue weighted by atomic mass is 10.0. The van der Waals surface area contributed by atoms with Crippen LogP contribution < -0.4 is 0 Å². The van der Waals surface area contributed by atoms with Crippen LogP contribution in [0.1, 0.15) is 41.6 Å². The van der Waals surface area contributed by atoms with Crippen LogP contribution in [-0.2, 0) is 19.4 Å². The molecule has 3 aromatic heterocycles. The zero-order valence-corrected chi connectivity index (χ0v) is 16.7. The summed E-state index contributed by atoms with van der Waals surface area (Å²) in [5.74, 6) is 0. The summed E-state index contributed by atoms with van der Waals surface area (Å²) < 4.78 is 2.31. The molecule has 4 nitrogen and oxygen atoms in total. The second kappa shape index (κ2) is 6.18. The number of nitrogens with zero attached hydrogens (tertiary/aromatic N) is 4. The molecule has 4 heterocycles. The third-order valence-electron chi connectivity index (χ3n) is 6.05. The highest BCUT2D eigenvalue weighted by atomic mass is 35.5. The largest absolute Gasteiger partial charge is 0.304 e. The van der Waals surface area contributed by atoms with Crippen LogP contribution >= 0.6 is 11.6 Å². The standard InChI is InChI=1S/C22H23ClN4/c1-13-4-6-17-15(5-7-20(17)25-13)11-27-21-8-14(2)26(3)12-19(21)18-9-16(23)10-24-22(18)27/h4,6,9-11,14H,5,7-8,12H2,1-3H3/b15-11+. The highest BCUT2D eigenvalue weighted by molar-refractivity contribution is 6.31. The summed E-state index contributed by atoms with van der Waals surface area (Å²) in [4.78, 5) is 11.8. The fourth-order valence-electron chi connectivity index (χ4n) is 4.42. The number of rotatable bonds is 1. The lowest BCUT2D eigenvalue weighted by Gasteiger charge is -2.30. The van der Waals surface area contributed by atoms with Crippen LogP contribution in [0.4, 0.5) is 0 Å². The Bertz CT molecular complexity index is 1100. The minimum atomic E-state index is 0.509. The van der Waals surface area contributed by atoms with Crippen LogP contribution in [0.3, 0.4) is 0 Å². The van der Waals surface area contributed by atoms with Crippen molar-refractivity contribution in [3.05, 3.63) is 57.6 Å². The zero-order chi connectivity index (χ0) is 18.7. The van der Waals surface area contributed by atoms with Gasteiger partial charge in [-0.25, -0.2) is 4.98 Å². The topological polar surface area (TPSA) is 34.0 Å². The molecular weight excluding hydrogens is 356 g/mol. The van der Waals surface area contributed by atoms with Crippen molar-refractivity contribution in [2.45, 2.75) is 45.7 Å². The van der Waals surface area contributed by atoms with E-state index in [0.29, 0.717) is 11.1 Å². The fourth-order valence-corrected chi connectivity index (χ4v) is 4.58. The number of hydrogen-bond donors (Lipinski definition) is 0. The van der Waals surface area contributed by atoms with Crippen LogP contribution in [0.2, 0.25) is 5.02 Å². The number of likely N-dealkylation sites (N-methyl/N-ethyl adjacent to an activating group) is 1. The number of fused-ring (bicyclic) bond motifs is 4. The molecule has 0 N–H and O–H groups in total. The molecule has 1 aliphatic carbocycles. The van der Waals surface area contributed by atoms with Crippen molar-refractivity contribution < 1.29 is 0 Å². The predicted octanol–water partition coefficient (Wildman–Crippen LogP) is 4.71. The summed E-state index contributed by atoms with van der Waals surface area (Å²) in [6.45, 7) is 5.28. The Hall–Kier alpha value is -2.17. The monoisotopic (exact) mass is 378 g/mol. The maximum Gasteiger partial charge on any atom is 0.144 e. The summed E-state index contributed by atoms with van der Waals surface area (Å²) in [5.41, 5.74) is 8.67. The molecular formula is C22H23ClN4. The number of halogens is 1. The zero-order valence-electron chi connectivity index (χ0n) is 16.0. The van der Waals surface area contributed by atoms with Gasteiger partial charge in [-0.3, -0.25) is 9.88 Å². The molecule has 27 heavy (non-hydrogen) atoms. The van der Waals surface area contributed by atoms with E-state index in [0.717, 1.165) is 37.1 Å². The van der Waals surface area contributed by atoms with Gasteiger partial charge >= 0.3 is 0 Å². The van der Waals surface area contributed by atoms with Crippen molar-refractivity contribution in [3.8, 4) is 0 Å². The molecule has 3 aromatic rings. The average Bonchev–Trinajstić information content (AvgIpc) is 3.15. The van der Waals surface area contributed by atoms with Crippen molar-refractivity contribution in [1.29, 1.82) is 0 Å². The molecule has 0 fully saturated rings. The van der Waals surface area contributed by atoms with Crippen molar-refractivity contribution in [2.75, 3.05) is 7.05 Å². The molecule has 0 aromatic carbocycles. The summed E-state index contributed by atoms with van der Waals surface area (Å²) in [7, 11) is 2.19. The third kappa shape index (κ3) is 2.70. The van der Waals surface area contributed by atoms with E-state index in [-0.39, 0.29) is 0 Å². The highest BCUT2D eigenvalue weighted by Gasteiger charge is 2.27. The van der Waals surface area contributed by atoms with Crippen molar-refractivity contribution in [1.82, 2.24) is 19.4 Å². The summed E-state index contributed by atoms with van der Waals surface area (Å²) in [6.07, 6.45) is 7.11. The molecule has 2 aliphatic rings. The first-order valence-corrected chi connectivity index (χ1v) is 9.94. The van der Waals surface area contributed by atoms with E-state index in [1.165, 1.54) is 33.5 Å². The molecule has 5 heteroatoms. The van der Waals surface area contributed by atoms with Gasteiger partial charge in [0.2, 0.25) is 0 Å².